The molecular weight excluding hydrogens is 242 g/mol. The van der Waals surface area contributed by atoms with Crippen molar-refractivity contribution in [3.8, 4) is 0 Å². The third-order valence-electron chi connectivity index (χ3n) is 2.77. The van der Waals surface area contributed by atoms with E-state index in [0.717, 1.165) is 19.6 Å². The fourth-order valence-electron chi connectivity index (χ4n) is 2.22. The Hall–Kier alpha value is -0.0900. The van der Waals surface area contributed by atoms with Crippen molar-refractivity contribution in [1.82, 2.24) is 4.90 Å². The first-order chi connectivity index (χ1) is 7.65. The van der Waals surface area contributed by atoms with Gasteiger partial charge in [-0.05, 0) is 25.3 Å². The quantitative estimate of drug-likeness (QED) is 0.774. The van der Waals surface area contributed by atoms with Crippen molar-refractivity contribution in [2.75, 3.05) is 19.6 Å². The Morgan fingerprint density at radius 2 is 2.19 bits per heavy atom. The van der Waals surface area contributed by atoms with Crippen molar-refractivity contribution >= 4 is 22.9 Å². The van der Waals surface area contributed by atoms with Crippen LogP contribution in [0.25, 0.3) is 0 Å². The third-order valence-corrected chi connectivity index (χ3v) is 4.25. The number of rotatable bonds is 3. The highest BCUT2D eigenvalue weighted by atomic mass is 35.5. The maximum Gasteiger partial charge on any atom is 0.0805 e. The lowest BCUT2D eigenvalue weighted by Gasteiger charge is -2.36. The average molecular weight is 260 g/mol. The summed E-state index contributed by atoms with van der Waals surface area (Å²) < 4.78 is 5.71. The second kappa shape index (κ2) is 5.50. The smallest absolute Gasteiger partial charge is 0.0805 e. The van der Waals surface area contributed by atoms with Gasteiger partial charge >= 0.3 is 0 Å². The standard InChI is InChI=1S/C12H18ClNOS/c1-9-6-14(7-10(2)15-9)8-11(13)12-4-3-5-16-12/h3-5,9-11H,6-8H2,1-2H3. The molecule has 0 aromatic carbocycles. The molecule has 1 aliphatic rings. The van der Waals surface area contributed by atoms with Gasteiger partial charge in [-0.25, -0.2) is 0 Å². The summed E-state index contributed by atoms with van der Waals surface area (Å²) in [5.41, 5.74) is 0. The normalized spacial score (nSPS) is 29.2. The van der Waals surface area contributed by atoms with Crippen LogP contribution in [0.3, 0.4) is 0 Å². The molecule has 0 bridgehead atoms. The van der Waals surface area contributed by atoms with E-state index in [0.29, 0.717) is 12.2 Å². The van der Waals surface area contributed by atoms with Crippen molar-refractivity contribution in [2.24, 2.45) is 0 Å². The summed E-state index contributed by atoms with van der Waals surface area (Å²) in [4.78, 5) is 3.66. The molecule has 2 nitrogen and oxygen atoms in total. The first-order valence-corrected chi connectivity index (χ1v) is 7.02. The molecule has 3 unspecified atom stereocenters. The number of thiophene rings is 1. The molecule has 90 valence electrons. The summed E-state index contributed by atoms with van der Waals surface area (Å²) in [5.74, 6) is 0. The van der Waals surface area contributed by atoms with Crippen molar-refractivity contribution < 1.29 is 4.74 Å². The van der Waals surface area contributed by atoms with Gasteiger partial charge in [-0.2, -0.15) is 0 Å². The molecule has 0 radical (unpaired) electrons. The van der Waals surface area contributed by atoms with Crippen molar-refractivity contribution in [2.45, 2.75) is 31.4 Å². The summed E-state index contributed by atoms with van der Waals surface area (Å²) in [6, 6.07) is 4.16. The molecule has 0 amide bonds. The largest absolute Gasteiger partial charge is 0.373 e. The molecule has 1 aromatic heterocycles. The van der Waals surface area contributed by atoms with Gasteiger partial charge < -0.3 is 4.74 Å². The van der Waals surface area contributed by atoms with Crippen molar-refractivity contribution in [3.05, 3.63) is 22.4 Å². The van der Waals surface area contributed by atoms with Gasteiger partial charge in [0.25, 0.3) is 0 Å². The summed E-state index contributed by atoms with van der Waals surface area (Å²) >= 11 is 8.14. The van der Waals surface area contributed by atoms with Gasteiger partial charge in [0, 0.05) is 24.5 Å². The number of hydrogen-bond donors (Lipinski definition) is 0. The van der Waals surface area contributed by atoms with E-state index in [4.69, 9.17) is 16.3 Å². The fraction of sp³-hybridized carbons (Fsp3) is 0.667. The van der Waals surface area contributed by atoms with Crippen LogP contribution in [0.4, 0.5) is 0 Å². The zero-order chi connectivity index (χ0) is 11.5. The van der Waals surface area contributed by atoms with Gasteiger partial charge in [0.2, 0.25) is 0 Å². The Morgan fingerprint density at radius 3 is 2.75 bits per heavy atom. The van der Waals surface area contributed by atoms with Crippen LogP contribution in [0.15, 0.2) is 17.5 Å². The number of halogens is 1. The summed E-state index contributed by atoms with van der Waals surface area (Å²) in [6.07, 6.45) is 0.631. The zero-order valence-corrected chi connectivity index (χ0v) is 11.3. The lowest BCUT2D eigenvalue weighted by atomic mass is 10.2. The van der Waals surface area contributed by atoms with Crippen LogP contribution in [-0.2, 0) is 4.74 Å². The van der Waals surface area contributed by atoms with Crippen LogP contribution in [0, 0.1) is 0 Å². The second-order valence-corrected chi connectivity index (χ2v) is 5.96. The van der Waals surface area contributed by atoms with Gasteiger partial charge in [0.05, 0.1) is 17.6 Å². The van der Waals surface area contributed by atoms with E-state index >= 15 is 0 Å². The van der Waals surface area contributed by atoms with Crippen molar-refractivity contribution in [1.29, 1.82) is 0 Å². The summed E-state index contributed by atoms with van der Waals surface area (Å²) in [7, 11) is 0. The molecule has 0 saturated carbocycles. The maximum absolute atomic E-state index is 6.40. The SMILES string of the molecule is CC1CN(CC(Cl)c2cccs2)CC(C)O1. The predicted octanol–water partition coefficient (Wildman–Crippen LogP) is 3.14. The minimum atomic E-state index is 0.109. The topological polar surface area (TPSA) is 12.5 Å². The van der Waals surface area contributed by atoms with Crippen LogP contribution in [0.1, 0.15) is 24.1 Å². The predicted molar refractivity (Wildman–Crippen MR) is 69.4 cm³/mol. The molecule has 1 aliphatic heterocycles. The molecule has 0 N–H and O–H groups in total. The first kappa shape index (κ1) is 12.4. The van der Waals surface area contributed by atoms with Gasteiger partial charge in [0.15, 0.2) is 0 Å². The summed E-state index contributed by atoms with van der Waals surface area (Å²) in [6.45, 7) is 7.13. The summed E-state index contributed by atoms with van der Waals surface area (Å²) in [5, 5.41) is 2.19. The second-order valence-electron chi connectivity index (χ2n) is 4.46. The molecule has 1 saturated heterocycles. The minimum Gasteiger partial charge on any atom is -0.373 e. The van der Waals surface area contributed by atoms with E-state index < -0.39 is 0 Å². The van der Waals surface area contributed by atoms with Gasteiger partial charge in [-0.3, -0.25) is 4.90 Å². The molecule has 0 aliphatic carbocycles. The van der Waals surface area contributed by atoms with E-state index in [1.54, 1.807) is 11.3 Å². The molecule has 1 aromatic rings. The lowest BCUT2D eigenvalue weighted by molar-refractivity contribution is -0.0678. The fourth-order valence-corrected chi connectivity index (χ4v) is 3.34. The molecule has 1 fully saturated rings. The van der Waals surface area contributed by atoms with Crippen LogP contribution in [0.2, 0.25) is 0 Å². The van der Waals surface area contributed by atoms with E-state index in [2.05, 4.69) is 36.3 Å². The molecule has 3 atom stereocenters. The Morgan fingerprint density at radius 1 is 1.50 bits per heavy atom. The van der Waals surface area contributed by atoms with Gasteiger partial charge in [0.1, 0.15) is 0 Å². The molecule has 2 rings (SSSR count). The molecular formula is C12H18ClNOS. The highest BCUT2D eigenvalue weighted by Crippen LogP contribution is 2.26. The number of ether oxygens (including phenoxy) is 1. The number of hydrogen-bond acceptors (Lipinski definition) is 3. The highest BCUT2D eigenvalue weighted by molar-refractivity contribution is 7.10. The van der Waals surface area contributed by atoms with Crippen LogP contribution >= 0.6 is 22.9 Å². The van der Waals surface area contributed by atoms with Gasteiger partial charge in [-0.15, -0.1) is 22.9 Å². The Labute approximate surface area is 106 Å². The number of alkyl halides is 1. The Kier molecular flexibility index (Phi) is 4.25. The molecule has 2 heterocycles. The van der Waals surface area contributed by atoms with Crippen LogP contribution < -0.4 is 0 Å². The van der Waals surface area contributed by atoms with Gasteiger partial charge in [-0.1, -0.05) is 6.07 Å². The first-order valence-electron chi connectivity index (χ1n) is 5.70. The molecule has 16 heavy (non-hydrogen) atoms. The molecule has 4 heteroatoms. The van der Waals surface area contributed by atoms with E-state index in [9.17, 15) is 0 Å². The third kappa shape index (κ3) is 3.20. The Balaban J connectivity index is 1.89. The lowest BCUT2D eigenvalue weighted by Crippen LogP contribution is -2.46. The maximum atomic E-state index is 6.40. The van der Waals surface area contributed by atoms with E-state index in [-0.39, 0.29) is 5.38 Å². The number of morpholine rings is 1. The average Bonchev–Trinajstić information content (AvgIpc) is 2.68. The number of nitrogens with zero attached hydrogens (tertiary/aromatic N) is 1. The van der Waals surface area contributed by atoms with Crippen molar-refractivity contribution in [3.63, 3.8) is 0 Å². The Bertz CT molecular complexity index is 307. The van der Waals surface area contributed by atoms with Crippen LogP contribution in [0.5, 0.6) is 0 Å². The monoisotopic (exact) mass is 259 g/mol. The van der Waals surface area contributed by atoms with E-state index in [1.165, 1.54) is 4.88 Å². The molecule has 0 spiro atoms. The highest BCUT2D eigenvalue weighted by Gasteiger charge is 2.24. The van der Waals surface area contributed by atoms with Crippen LogP contribution in [-0.4, -0.2) is 36.7 Å². The minimum absolute atomic E-state index is 0.109. The van der Waals surface area contributed by atoms with E-state index in [1.807, 2.05) is 0 Å². The zero-order valence-electron chi connectivity index (χ0n) is 9.73.